The summed E-state index contributed by atoms with van der Waals surface area (Å²) < 4.78 is 0. The van der Waals surface area contributed by atoms with Crippen LogP contribution in [0.3, 0.4) is 0 Å². The highest BCUT2D eigenvalue weighted by Gasteiger charge is 2.30. The number of Topliss-reactive ketones (excluding diaryl/α,β-unsaturated/α-hetero) is 1. The van der Waals surface area contributed by atoms with E-state index in [9.17, 15) is 4.79 Å². The van der Waals surface area contributed by atoms with E-state index < -0.39 is 0 Å². The van der Waals surface area contributed by atoms with E-state index in [0.717, 1.165) is 56.7 Å². The summed E-state index contributed by atoms with van der Waals surface area (Å²) in [5, 5.41) is 0. The molecular formula is C32H43ClO. The molecule has 2 aromatic rings. The van der Waals surface area contributed by atoms with Gasteiger partial charge in [-0.05, 0) is 97.8 Å². The van der Waals surface area contributed by atoms with Crippen LogP contribution in [0, 0.1) is 17.8 Å². The Kier molecular flexibility index (Phi) is 9.68. The van der Waals surface area contributed by atoms with Crippen LogP contribution in [-0.4, -0.2) is 11.7 Å². The van der Waals surface area contributed by atoms with Crippen molar-refractivity contribution in [3.05, 3.63) is 59.7 Å². The molecule has 0 saturated heterocycles. The third-order valence-electron chi connectivity index (χ3n) is 8.59. The maximum Gasteiger partial charge on any atom is 0.136 e. The smallest absolute Gasteiger partial charge is 0.136 e. The molecule has 0 atom stereocenters. The van der Waals surface area contributed by atoms with Crippen LogP contribution in [0.1, 0.15) is 101 Å². The number of carbonyl (C=O) groups is 1. The van der Waals surface area contributed by atoms with Gasteiger partial charge in [-0.15, -0.1) is 11.6 Å². The highest BCUT2D eigenvalue weighted by Crippen LogP contribution is 2.39. The number of rotatable bonds is 10. The van der Waals surface area contributed by atoms with Crippen molar-refractivity contribution >= 4 is 17.4 Å². The van der Waals surface area contributed by atoms with Gasteiger partial charge in [0, 0.05) is 18.2 Å². The first-order chi connectivity index (χ1) is 16.7. The average Bonchev–Trinajstić information content (AvgIpc) is 2.89. The second-order valence-electron chi connectivity index (χ2n) is 11.0. The molecular weight excluding hydrogens is 436 g/mol. The summed E-state index contributed by atoms with van der Waals surface area (Å²) in [6.45, 7) is 2.23. The first kappa shape index (κ1) is 25.5. The molecule has 4 rings (SSSR count). The molecule has 2 saturated carbocycles. The third-order valence-corrected chi connectivity index (χ3v) is 8.86. The number of carbonyl (C=O) groups excluding carboxylic acids is 1. The normalized spacial score (nSPS) is 25.2. The van der Waals surface area contributed by atoms with Crippen LogP contribution in [0.25, 0.3) is 11.1 Å². The Morgan fingerprint density at radius 1 is 0.794 bits per heavy atom. The Hall–Kier alpha value is -1.60. The van der Waals surface area contributed by atoms with Gasteiger partial charge >= 0.3 is 0 Å². The number of benzene rings is 2. The summed E-state index contributed by atoms with van der Waals surface area (Å²) in [5.41, 5.74) is 5.47. The third kappa shape index (κ3) is 6.97. The lowest BCUT2D eigenvalue weighted by atomic mass is 9.73. The van der Waals surface area contributed by atoms with E-state index in [0.29, 0.717) is 23.5 Å². The fourth-order valence-electron chi connectivity index (χ4n) is 6.39. The molecule has 2 heteroatoms. The Balaban J connectivity index is 1.22. The molecule has 2 aliphatic rings. The molecule has 0 aromatic heterocycles. The van der Waals surface area contributed by atoms with Gasteiger partial charge in [-0.3, -0.25) is 4.79 Å². The number of hydrogen-bond donors (Lipinski definition) is 0. The molecule has 2 aliphatic carbocycles. The maximum atomic E-state index is 13.0. The minimum Gasteiger partial charge on any atom is -0.299 e. The zero-order valence-electron chi connectivity index (χ0n) is 21.1. The maximum absolute atomic E-state index is 13.0. The monoisotopic (exact) mass is 478 g/mol. The number of aryl methyl sites for hydroxylation is 1. The van der Waals surface area contributed by atoms with E-state index in [-0.39, 0.29) is 0 Å². The predicted octanol–water partition coefficient (Wildman–Crippen LogP) is 9.36. The molecule has 0 amide bonds. The minimum absolute atomic E-state index is 0.311. The number of hydrogen-bond acceptors (Lipinski definition) is 1. The lowest BCUT2D eigenvalue weighted by molar-refractivity contribution is -0.125. The summed E-state index contributed by atoms with van der Waals surface area (Å²) >= 11 is 5.85. The molecule has 0 spiro atoms. The van der Waals surface area contributed by atoms with E-state index >= 15 is 0 Å². The van der Waals surface area contributed by atoms with Gasteiger partial charge in [-0.1, -0.05) is 74.7 Å². The van der Waals surface area contributed by atoms with Crippen LogP contribution in [0.4, 0.5) is 0 Å². The van der Waals surface area contributed by atoms with E-state index in [2.05, 4.69) is 55.5 Å². The lowest BCUT2D eigenvalue weighted by Gasteiger charge is -2.31. The van der Waals surface area contributed by atoms with Crippen molar-refractivity contribution in [1.82, 2.24) is 0 Å². The van der Waals surface area contributed by atoms with Crippen LogP contribution in [0.5, 0.6) is 0 Å². The van der Waals surface area contributed by atoms with Crippen molar-refractivity contribution in [1.29, 1.82) is 0 Å². The first-order valence-corrected chi connectivity index (χ1v) is 14.5. The standard InChI is InChI=1S/C32H43ClO/c1-2-4-24-10-12-27(13-11-24)28-14-16-29(17-15-28)30-18-20-31(21-19-30)32(34)23-26-8-6-25(7-9-26)5-3-22-33/h10-17,25-26,30-31H,2-9,18-23H2,1H3. The Labute approximate surface area is 212 Å². The lowest BCUT2D eigenvalue weighted by Crippen LogP contribution is -2.25. The van der Waals surface area contributed by atoms with Gasteiger partial charge in [0.05, 0.1) is 0 Å². The van der Waals surface area contributed by atoms with Crippen LogP contribution in [0.15, 0.2) is 48.5 Å². The fraction of sp³-hybridized carbons (Fsp3) is 0.594. The van der Waals surface area contributed by atoms with Crippen molar-refractivity contribution < 1.29 is 4.79 Å². The second kappa shape index (κ2) is 12.9. The molecule has 0 unspecified atom stereocenters. The molecule has 184 valence electrons. The van der Waals surface area contributed by atoms with Crippen molar-refractivity contribution in [2.75, 3.05) is 5.88 Å². The van der Waals surface area contributed by atoms with E-state index in [1.807, 2.05) is 0 Å². The molecule has 2 aromatic carbocycles. The second-order valence-corrected chi connectivity index (χ2v) is 11.4. The van der Waals surface area contributed by atoms with Gasteiger partial charge in [-0.25, -0.2) is 0 Å². The van der Waals surface area contributed by atoms with Crippen molar-refractivity contribution in [2.45, 2.75) is 96.3 Å². The molecule has 0 bridgehead atoms. The van der Waals surface area contributed by atoms with Gasteiger partial charge in [0.2, 0.25) is 0 Å². The number of halogens is 1. The first-order valence-electron chi connectivity index (χ1n) is 13.9. The van der Waals surface area contributed by atoms with Gasteiger partial charge in [0.25, 0.3) is 0 Å². The van der Waals surface area contributed by atoms with Gasteiger partial charge in [-0.2, -0.15) is 0 Å². The Morgan fingerprint density at radius 3 is 1.97 bits per heavy atom. The highest BCUT2D eigenvalue weighted by atomic mass is 35.5. The van der Waals surface area contributed by atoms with Crippen molar-refractivity contribution in [3.8, 4) is 11.1 Å². The molecule has 0 radical (unpaired) electrons. The molecule has 1 nitrogen and oxygen atoms in total. The average molecular weight is 479 g/mol. The van der Waals surface area contributed by atoms with Gasteiger partial charge in [0.15, 0.2) is 0 Å². The zero-order valence-corrected chi connectivity index (χ0v) is 21.9. The van der Waals surface area contributed by atoms with Crippen LogP contribution >= 0.6 is 11.6 Å². The number of alkyl halides is 1. The summed E-state index contributed by atoms with van der Waals surface area (Å²) in [6, 6.07) is 18.2. The Morgan fingerprint density at radius 2 is 1.38 bits per heavy atom. The van der Waals surface area contributed by atoms with E-state index in [1.54, 1.807) is 0 Å². The van der Waals surface area contributed by atoms with E-state index in [1.165, 1.54) is 60.8 Å². The summed E-state index contributed by atoms with van der Waals surface area (Å²) in [7, 11) is 0. The molecule has 0 N–H and O–H groups in total. The van der Waals surface area contributed by atoms with Crippen LogP contribution in [-0.2, 0) is 11.2 Å². The molecule has 2 fully saturated rings. The van der Waals surface area contributed by atoms with Crippen LogP contribution < -0.4 is 0 Å². The Bertz CT molecular complexity index is 868. The molecule has 0 aliphatic heterocycles. The summed E-state index contributed by atoms with van der Waals surface area (Å²) in [4.78, 5) is 13.0. The zero-order chi connectivity index (χ0) is 23.8. The van der Waals surface area contributed by atoms with Gasteiger partial charge in [0.1, 0.15) is 5.78 Å². The topological polar surface area (TPSA) is 17.1 Å². The number of ketones is 1. The highest BCUT2D eigenvalue weighted by molar-refractivity contribution is 6.17. The minimum atomic E-state index is 0.311. The van der Waals surface area contributed by atoms with Crippen molar-refractivity contribution in [3.63, 3.8) is 0 Å². The predicted molar refractivity (Wildman–Crippen MR) is 146 cm³/mol. The molecule has 34 heavy (non-hydrogen) atoms. The SMILES string of the molecule is CCCc1ccc(-c2ccc(C3CCC(C(=O)CC4CCC(CCCCl)CC4)CC3)cc2)cc1. The summed E-state index contributed by atoms with van der Waals surface area (Å²) in [6.07, 6.45) is 15.2. The summed E-state index contributed by atoms with van der Waals surface area (Å²) in [5.74, 6) is 3.77. The quantitative estimate of drug-likeness (QED) is 0.311. The molecule has 0 heterocycles. The van der Waals surface area contributed by atoms with Crippen molar-refractivity contribution in [2.24, 2.45) is 17.8 Å². The van der Waals surface area contributed by atoms with E-state index in [4.69, 9.17) is 11.6 Å². The largest absolute Gasteiger partial charge is 0.299 e. The fourth-order valence-corrected chi connectivity index (χ4v) is 6.54. The van der Waals surface area contributed by atoms with Crippen LogP contribution in [0.2, 0.25) is 0 Å². The van der Waals surface area contributed by atoms with Gasteiger partial charge < -0.3 is 0 Å².